The molecule has 2 aliphatic rings. The van der Waals surface area contributed by atoms with E-state index in [2.05, 4.69) is 21.3 Å². The number of H-pyrrole nitrogens is 1. The van der Waals surface area contributed by atoms with Gasteiger partial charge in [-0.05, 0) is 30.5 Å². The Labute approximate surface area is 160 Å². The highest BCUT2D eigenvalue weighted by molar-refractivity contribution is 6.01. The molecule has 0 saturated carbocycles. The Morgan fingerprint density at radius 1 is 1.43 bits per heavy atom. The summed E-state index contributed by atoms with van der Waals surface area (Å²) in [5.74, 6) is 0.116. The Bertz CT molecular complexity index is 1050. The number of nitrogens with zero attached hydrogens (tertiary/aromatic N) is 4. The van der Waals surface area contributed by atoms with Gasteiger partial charge in [0.05, 0.1) is 24.7 Å². The molecule has 9 heteroatoms. The minimum Gasteiger partial charge on any atom is -0.504 e. The smallest absolute Gasteiger partial charge is 0.231 e. The normalized spacial score (nSPS) is 19.5. The van der Waals surface area contributed by atoms with Gasteiger partial charge in [0, 0.05) is 17.7 Å². The van der Waals surface area contributed by atoms with Crippen LogP contribution in [0.25, 0.3) is 0 Å². The van der Waals surface area contributed by atoms with Crippen molar-refractivity contribution in [1.29, 1.82) is 5.26 Å². The van der Waals surface area contributed by atoms with E-state index >= 15 is 0 Å². The molecule has 142 valence electrons. The summed E-state index contributed by atoms with van der Waals surface area (Å²) >= 11 is 0. The fourth-order valence-electron chi connectivity index (χ4n) is 3.84. The number of carbonyl (C=O) groups excluding carboxylic acids is 1. The zero-order valence-corrected chi connectivity index (χ0v) is 15.1. The first-order valence-electron chi connectivity index (χ1n) is 8.75. The maximum atomic E-state index is 12.9. The first kappa shape index (κ1) is 17.6. The lowest BCUT2D eigenvalue weighted by atomic mass is 9.75. The van der Waals surface area contributed by atoms with Crippen molar-refractivity contribution in [2.24, 2.45) is 5.73 Å². The van der Waals surface area contributed by atoms with E-state index < -0.39 is 5.92 Å². The molecule has 1 aromatic heterocycles. The number of aromatic amines is 1. The molecule has 4 rings (SSSR count). The van der Waals surface area contributed by atoms with Crippen LogP contribution in [0.5, 0.6) is 11.5 Å². The summed E-state index contributed by atoms with van der Waals surface area (Å²) < 4.78 is 5.20. The van der Waals surface area contributed by atoms with Crippen LogP contribution in [0, 0.1) is 11.3 Å². The van der Waals surface area contributed by atoms with Crippen LogP contribution in [-0.2, 0) is 4.79 Å². The van der Waals surface area contributed by atoms with Crippen molar-refractivity contribution >= 4 is 11.7 Å². The first-order valence-corrected chi connectivity index (χ1v) is 8.75. The van der Waals surface area contributed by atoms with Crippen molar-refractivity contribution in [2.75, 3.05) is 12.0 Å². The molecule has 0 saturated heterocycles. The number of anilines is 1. The SMILES string of the molecule is COc1cc(C2C(C#N)=C(N)N(c3ncn[nH]3)C3=C2C(=O)CCC3)ccc1O. The van der Waals surface area contributed by atoms with Crippen LogP contribution in [0.4, 0.5) is 5.95 Å². The third kappa shape index (κ3) is 2.58. The number of aromatic hydroxyl groups is 1. The number of ketones is 1. The van der Waals surface area contributed by atoms with Crippen molar-refractivity contribution in [2.45, 2.75) is 25.2 Å². The molecule has 0 radical (unpaired) electrons. The molecule has 2 heterocycles. The number of hydrogen-bond donors (Lipinski definition) is 3. The van der Waals surface area contributed by atoms with E-state index in [0.717, 1.165) is 0 Å². The summed E-state index contributed by atoms with van der Waals surface area (Å²) in [6.07, 6.45) is 3.04. The van der Waals surface area contributed by atoms with Crippen LogP contribution in [0.15, 0.2) is 47.2 Å². The number of aromatic nitrogens is 3. The minimum absolute atomic E-state index is 0.0232. The Morgan fingerprint density at radius 3 is 2.93 bits per heavy atom. The highest BCUT2D eigenvalue weighted by atomic mass is 16.5. The lowest BCUT2D eigenvalue weighted by molar-refractivity contribution is -0.116. The lowest BCUT2D eigenvalue weighted by Gasteiger charge is -2.38. The van der Waals surface area contributed by atoms with Crippen molar-refractivity contribution in [3.05, 3.63) is 52.8 Å². The Morgan fingerprint density at radius 2 is 2.25 bits per heavy atom. The molecule has 0 amide bonds. The molecule has 28 heavy (non-hydrogen) atoms. The molecule has 0 bridgehead atoms. The summed E-state index contributed by atoms with van der Waals surface area (Å²) in [6, 6.07) is 6.94. The quantitative estimate of drug-likeness (QED) is 0.734. The third-order valence-corrected chi connectivity index (χ3v) is 5.06. The van der Waals surface area contributed by atoms with E-state index in [1.807, 2.05) is 0 Å². The second kappa shape index (κ2) is 6.74. The van der Waals surface area contributed by atoms with E-state index in [-0.39, 0.29) is 28.7 Å². The van der Waals surface area contributed by atoms with Crippen molar-refractivity contribution in [1.82, 2.24) is 15.2 Å². The molecule has 1 unspecified atom stereocenters. The van der Waals surface area contributed by atoms with Crippen molar-refractivity contribution in [3.63, 3.8) is 0 Å². The molecular weight excluding hydrogens is 360 g/mol. The van der Waals surface area contributed by atoms with E-state index in [1.165, 1.54) is 19.5 Å². The second-order valence-corrected chi connectivity index (χ2v) is 6.56. The average Bonchev–Trinajstić information content (AvgIpc) is 3.22. The number of phenolic OH excluding ortho intramolecular Hbond substituents is 1. The van der Waals surface area contributed by atoms with Crippen LogP contribution in [0.2, 0.25) is 0 Å². The summed E-state index contributed by atoms with van der Waals surface area (Å²) in [6.45, 7) is 0. The molecule has 1 aliphatic heterocycles. The van der Waals surface area contributed by atoms with Crippen LogP contribution in [0.3, 0.4) is 0 Å². The summed E-state index contributed by atoms with van der Waals surface area (Å²) in [4.78, 5) is 18.7. The highest BCUT2D eigenvalue weighted by Gasteiger charge is 2.41. The number of allylic oxidation sites excluding steroid dienone is 3. The zero-order valence-electron chi connectivity index (χ0n) is 15.1. The predicted octanol–water partition coefficient (Wildman–Crippen LogP) is 1.82. The van der Waals surface area contributed by atoms with Crippen LogP contribution >= 0.6 is 0 Å². The van der Waals surface area contributed by atoms with Gasteiger partial charge in [0.25, 0.3) is 0 Å². The molecule has 1 aromatic carbocycles. The summed E-state index contributed by atoms with van der Waals surface area (Å²) in [5.41, 5.74) is 8.48. The summed E-state index contributed by atoms with van der Waals surface area (Å²) in [5, 5.41) is 26.4. The van der Waals surface area contributed by atoms with Gasteiger partial charge in [-0.15, -0.1) is 0 Å². The van der Waals surface area contributed by atoms with Gasteiger partial charge in [0.1, 0.15) is 12.1 Å². The van der Waals surface area contributed by atoms with Crippen LogP contribution < -0.4 is 15.4 Å². The third-order valence-electron chi connectivity index (χ3n) is 5.06. The molecule has 0 spiro atoms. The molecular formula is C19H18N6O3. The molecule has 1 aliphatic carbocycles. The molecule has 4 N–H and O–H groups in total. The number of ether oxygens (including phenoxy) is 1. The van der Waals surface area contributed by atoms with E-state index in [4.69, 9.17) is 10.5 Å². The Kier molecular flexibility index (Phi) is 4.24. The molecule has 0 fully saturated rings. The lowest BCUT2D eigenvalue weighted by Crippen LogP contribution is -2.39. The van der Waals surface area contributed by atoms with Gasteiger partial charge in [-0.2, -0.15) is 15.3 Å². The predicted molar refractivity (Wildman–Crippen MR) is 99.0 cm³/mol. The van der Waals surface area contributed by atoms with Gasteiger partial charge in [-0.1, -0.05) is 6.07 Å². The number of hydrogen-bond acceptors (Lipinski definition) is 8. The number of phenols is 1. The van der Waals surface area contributed by atoms with Gasteiger partial charge in [0.15, 0.2) is 17.3 Å². The number of benzene rings is 1. The number of carbonyl (C=O) groups is 1. The van der Waals surface area contributed by atoms with Crippen LogP contribution in [-0.4, -0.2) is 33.2 Å². The fraction of sp³-hybridized carbons (Fsp3) is 0.263. The molecule has 9 nitrogen and oxygen atoms in total. The number of nitrogens with two attached hydrogens (primary N) is 1. The van der Waals surface area contributed by atoms with Crippen molar-refractivity contribution in [3.8, 4) is 17.6 Å². The highest BCUT2D eigenvalue weighted by Crippen LogP contribution is 2.46. The summed E-state index contributed by atoms with van der Waals surface area (Å²) in [7, 11) is 1.44. The topological polar surface area (TPSA) is 141 Å². The number of rotatable bonds is 3. The van der Waals surface area contributed by atoms with Gasteiger partial charge >= 0.3 is 0 Å². The zero-order chi connectivity index (χ0) is 19.8. The maximum absolute atomic E-state index is 12.9. The van der Waals surface area contributed by atoms with Gasteiger partial charge in [-0.25, -0.2) is 5.10 Å². The fourth-order valence-corrected chi connectivity index (χ4v) is 3.84. The van der Waals surface area contributed by atoms with E-state index in [9.17, 15) is 15.2 Å². The number of nitrogens with one attached hydrogen (secondary N) is 1. The number of Topliss-reactive ketones (excluding diaryl/α,β-unsaturated/α-hetero) is 1. The number of nitriles is 1. The van der Waals surface area contributed by atoms with Crippen molar-refractivity contribution < 1.29 is 14.6 Å². The van der Waals surface area contributed by atoms with Gasteiger partial charge in [0.2, 0.25) is 5.95 Å². The Balaban J connectivity index is 1.96. The largest absolute Gasteiger partial charge is 0.504 e. The monoisotopic (exact) mass is 378 g/mol. The van der Waals surface area contributed by atoms with E-state index in [1.54, 1.807) is 17.0 Å². The average molecular weight is 378 g/mol. The maximum Gasteiger partial charge on any atom is 0.231 e. The number of methoxy groups -OCH3 is 1. The standard InChI is InChI=1S/C19H18N6O3/c1-28-15-7-10(5-6-13(15)26)16-11(8-20)18(21)25(19-22-9-23-24-19)12-3-2-4-14(27)17(12)16/h5-7,9,16,26H,2-4,21H2,1H3,(H,22,23,24). The minimum atomic E-state index is -0.638. The first-order chi connectivity index (χ1) is 13.6. The van der Waals surface area contributed by atoms with E-state index in [0.29, 0.717) is 42.0 Å². The second-order valence-electron chi connectivity index (χ2n) is 6.56. The van der Waals surface area contributed by atoms with Gasteiger partial charge in [-0.3, -0.25) is 9.69 Å². The van der Waals surface area contributed by atoms with Crippen LogP contribution in [0.1, 0.15) is 30.7 Å². The molecule has 2 aromatic rings. The molecule has 1 atom stereocenters. The Hall–Kier alpha value is -3.80. The van der Waals surface area contributed by atoms with Gasteiger partial charge < -0.3 is 15.6 Å².